The molecule has 0 aliphatic carbocycles. The molecule has 1 heterocycles. The minimum absolute atomic E-state index is 0.0501. The van der Waals surface area contributed by atoms with Crippen LogP contribution in [0, 0.1) is 11.6 Å². The molecular formula is C30H23F3N2O5. The normalized spacial score (nSPS) is 14.5. The van der Waals surface area contributed by atoms with Crippen molar-refractivity contribution in [1.29, 1.82) is 0 Å². The largest absolute Gasteiger partial charge is 0.488 e. The van der Waals surface area contributed by atoms with Crippen LogP contribution in [0.15, 0.2) is 78.9 Å². The zero-order valence-electron chi connectivity index (χ0n) is 20.9. The number of carboxylic acids is 1. The maximum absolute atomic E-state index is 13.8. The lowest BCUT2D eigenvalue weighted by molar-refractivity contribution is -0.00547. The molecule has 0 spiro atoms. The van der Waals surface area contributed by atoms with Crippen molar-refractivity contribution in [2.45, 2.75) is 12.5 Å². The highest BCUT2D eigenvalue weighted by atomic mass is 19.3. The Morgan fingerprint density at radius 1 is 0.850 bits per heavy atom. The molecule has 0 bridgehead atoms. The summed E-state index contributed by atoms with van der Waals surface area (Å²) >= 11 is 0. The number of benzene rings is 4. The lowest BCUT2D eigenvalue weighted by atomic mass is 10.0. The van der Waals surface area contributed by atoms with E-state index in [-0.39, 0.29) is 34.1 Å². The van der Waals surface area contributed by atoms with Gasteiger partial charge in [0.25, 0.3) is 5.91 Å². The minimum atomic E-state index is -1.13. The van der Waals surface area contributed by atoms with E-state index in [0.29, 0.717) is 29.1 Å². The summed E-state index contributed by atoms with van der Waals surface area (Å²) in [5.74, 6) is -3.58. The van der Waals surface area contributed by atoms with Gasteiger partial charge in [-0.15, -0.1) is 0 Å². The van der Waals surface area contributed by atoms with Gasteiger partial charge in [-0.2, -0.15) is 0 Å². The molecule has 4 aromatic carbocycles. The Hall–Kier alpha value is -4.83. The summed E-state index contributed by atoms with van der Waals surface area (Å²) in [6.07, 6.45) is 0.749. The van der Waals surface area contributed by atoms with Gasteiger partial charge in [-0.25, -0.2) is 13.6 Å². The summed E-state index contributed by atoms with van der Waals surface area (Å²) in [4.78, 5) is 28.6. The highest BCUT2D eigenvalue weighted by Gasteiger charge is 2.20. The lowest BCUT2D eigenvalue weighted by Gasteiger charge is -2.18. The Bertz CT molecular complexity index is 1590. The highest BCUT2D eigenvalue weighted by Crippen LogP contribution is 2.36. The topological polar surface area (TPSA) is 96.9 Å². The van der Waals surface area contributed by atoms with Crippen molar-refractivity contribution in [3.8, 4) is 33.8 Å². The number of carbonyl (C=O) groups is 2. The molecule has 1 fully saturated rings. The van der Waals surface area contributed by atoms with Gasteiger partial charge in [0.15, 0.2) is 17.4 Å². The first kappa shape index (κ1) is 26.8. The first-order valence-corrected chi connectivity index (χ1v) is 12.4. The van der Waals surface area contributed by atoms with Crippen molar-refractivity contribution in [3.63, 3.8) is 0 Å². The van der Waals surface area contributed by atoms with Crippen LogP contribution in [0.1, 0.15) is 27.1 Å². The van der Waals surface area contributed by atoms with Crippen LogP contribution in [0.4, 0.5) is 19.0 Å². The average Bonchev–Trinajstić information content (AvgIpc) is 3.48. The SMILES string of the molecule is O=C(O)c1cccc(-c2cc(NC(=O)c3ccc(OF)c(-c4ccc(F)c(F)c4)c3)ccc2OC2CCNC2)c1. The Kier molecular flexibility index (Phi) is 7.70. The molecule has 1 amide bonds. The van der Waals surface area contributed by atoms with Crippen LogP contribution >= 0.6 is 0 Å². The van der Waals surface area contributed by atoms with Gasteiger partial charge < -0.3 is 20.5 Å². The maximum Gasteiger partial charge on any atom is 0.335 e. The Morgan fingerprint density at radius 3 is 2.35 bits per heavy atom. The maximum atomic E-state index is 13.8. The lowest BCUT2D eigenvalue weighted by Crippen LogP contribution is -2.20. The number of halogens is 3. The summed E-state index contributed by atoms with van der Waals surface area (Å²) in [5, 5.41) is 15.5. The van der Waals surface area contributed by atoms with Gasteiger partial charge in [-0.3, -0.25) is 9.74 Å². The highest BCUT2D eigenvalue weighted by molar-refractivity contribution is 6.05. The predicted molar refractivity (Wildman–Crippen MR) is 142 cm³/mol. The van der Waals surface area contributed by atoms with Crippen molar-refractivity contribution in [1.82, 2.24) is 5.32 Å². The Labute approximate surface area is 227 Å². The molecule has 10 heteroatoms. The van der Waals surface area contributed by atoms with E-state index < -0.39 is 23.5 Å². The average molecular weight is 549 g/mol. The standard InChI is InChI=1S/C30H23F3N2O5/c31-25-7-4-18(14-26(25)32)23-13-19(5-8-28(23)40-33)29(36)35-21-6-9-27(39-22-10-11-34-16-22)24(15-21)17-2-1-3-20(12-17)30(37)38/h1-9,12-15,22,34H,10-11,16H2,(H,35,36)(H,37,38). The van der Waals surface area contributed by atoms with Crippen LogP contribution < -0.4 is 20.3 Å². The second kappa shape index (κ2) is 11.5. The van der Waals surface area contributed by atoms with E-state index in [1.165, 1.54) is 36.4 Å². The van der Waals surface area contributed by atoms with Gasteiger partial charge in [0.05, 0.1) is 5.56 Å². The summed E-state index contributed by atoms with van der Waals surface area (Å²) in [6.45, 7) is 1.49. The number of hydrogen-bond acceptors (Lipinski definition) is 5. The van der Waals surface area contributed by atoms with Gasteiger partial charge in [-0.1, -0.05) is 18.2 Å². The fraction of sp³-hybridized carbons (Fsp3) is 0.133. The molecule has 204 valence electrons. The smallest absolute Gasteiger partial charge is 0.335 e. The van der Waals surface area contributed by atoms with E-state index in [9.17, 15) is 28.0 Å². The number of hydrogen-bond donors (Lipinski definition) is 3. The van der Waals surface area contributed by atoms with Gasteiger partial charge in [0, 0.05) is 33.4 Å². The van der Waals surface area contributed by atoms with E-state index in [0.717, 1.165) is 25.1 Å². The van der Waals surface area contributed by atoms with Gasteiger partial charge in [0.1, 0.15) is 11.9 Å². The predicted octanol–water partition coefficient (Wildman–Crippen LogP) is 6.25. The summed E-state index contributed by atoms with van der Waals surface area (Å²) in [6, 6.07) is 18.3. The summed E-state index contributed by atoms with van der Waals surface area (Å²) < 4.78 is 46.6. The molecule has 1 aliphatic rings. The molecule has 0 aromatic heterocycles. The molecule has 1 atom stereocenters. The number of ether oxygens (including phenoxy) is 1. The molecule has 1 unspecified atom stereocenters. The molecule has 0 saturated carbocycles. The first-order chi connectivity index (χ1) is 19.3. The number of aromatic carboxylic acids is 1. The van der Waals surface area contributed by atoms with Crippen molar-refractivity contribution in [3.05, 3.63) is 102 Å². The summed E-state index contributed by atoms with van der Waals surface area (Å²) in [5.41, 5.74) is 1.92. The van der Waals surface area contributed by atoms with Crippen LogP contribution in [0.3, 0.4) is 0 Å². The van der Waals surface area contributed by atoms with E-state index >= 15 is 0 Å². The zero-order chi connectivity index (χ0) is 28.2. The minimum Gasteiger partial charge on any atom is -0.488 e. The monoisotopic (exact) mass is 548 g/mol. The molecule has 1 saturated heterocycles. The van der Waals surface area contributed by atoms with Crippen molar-refractivity contribution in [2.24, 2.45) is 0 Å². The third kappa shape index (κ3) is 5.76. The zero-order valence-corrected chi connectivity index (χ0v) is 20.9. The number of carboxylic acid groups (broad SMARTS) is 1. The molecule has 4 aromatic rings. The van der Waals surface area contributed by atoms with Gasteiger partial charge in [0.2, 0.25) is 0 Å². The van der Waals surface area contributed by atoms with E-state index in [1.807, 2.05) is 0 Å². The van der Waals surface area contributed by atoms with Crippen LogP contribution in [0.5, 0.6) is 11.5 Å². The van der Waals surface area contributed by atoms with Crippen molar-refractivity contribution < 1.29 is 37.7 Å². The molecule has 5 rings (SSSR count). The number of amides is 1. The van der Waals surface area contributed by atoms with Gasteiger partial charge in [-0.05, 0) is 84.8 Å². The van der Waals surface area contributed by atoms with Gasteiger partial charge >= 0.3 is 5.97 Å². The third-order valence-corrected chi connectivity index (χ3v) is 6.52. The molecule has 40 heavy (non-hydrogen) atoms. The van der Waals surface area contributed by atoms with E-state index in [2.05, 4.69) is 15.6 Å². The van der Waals surface area contributed by atoms with Crippen LogP contribution in [0.2, 0.25) is 0 Å². The second-order valence-electron chi connectivity index (χ2n) is 9.20. The molecule has 3 N–H and O–H groups in total. The summed E-state index contributed by atoms with van der Waals surface area (Å²) in [7, 11) is 0. The Balaban J connectivity index is 1.47. The number of rotatable bonds is 8. The quantitative estimate of drug-likeness (QED) is 0.241. The molecular weight excluding hydrogens is 525 g/mol. The van der Waals surface area contributed by atoms with Crippen LogP contribution in [-0.4, -0.2) is 36.2 Å². The third-order valence-electron chi connectivity index (χ3n) is 6.52. The van der Waals surface area contributed by atoms with E-state index in [1.54, 1.807) is 30.3 Å². The van der Waals surface area contributed by atoms with Crippen molar-refractivity contribution >= 4 is 17.6 Å². The molecule has 7 nitrogen and oxygen atoms in total. The fourth-order valence-electron chi connectivity index (χ4n) is 4.50. The fourth-order valence-corrected chi connectivity index (χ4v) is 4.50. The number of carbonyl (C=O) groups excluding carboxylic acids is 1. The van der Waals surface area contributed by atoms with Crippen LogP contribution in [0.25, 0.3) is 22.3 Å². The number of nitrogens with one attached hydrogen (secondary N) is 2. The van der Waals surface area contributed by atoms with Crippen LogP contribution in [-0.2, 0) is 0 Å². The van der Waals surface area contributed by atoms with Crippen molar-refractivity contribution in [2.75, 3.05) is 18.4 Å². The Morgan fingerprint density at radius 2 is 1.62 bits per heavy atom. The first-order valence-electron chi connectivity index (χ1n) is 12.4. The number of anilines is 1. The van der Waals surface area contributed by atoms with E-state index in [4.69, 9.17) is 4.74 Å². The molecule has 1 aliphatic heterocycles. The second-order valence-corrected chi connectivity index (χ2v) is 9.20. The molecule has 0 radical (unpaired) electrons.